The molecule has 2 heterocycles. The predicted molar refractivity (Wildman–Crippen MR) is 119 cm³/mol. The van der Waals surface area contributed by atoms with Crippen molar-refractivity contribution in [1.82, 2.24) is 9.38 Å². The molecule has 0 aliphatic carbocycles. The molecule has 0 N–H and O–H groups in total. The molecule has 7 nitrogen and oxygen atoms in total. The Bertz CT molecular complexity index is 1220. The summed E-state index contributed by atoms with van der Waals surface area (Å²) in [6.45, 7) is 6.46. The lowest BCUT2D eigenvalue weighted by atomic mass is 10.1. The summed E-state index contributed by atoms with van der Waals surface area (Å²) in [4.78, 5) is 32.0. The monoisotopic (exact) mass is 414 g/mol. The molecule has 3 rings (SSSR count). The number of nitrogens with zero attached hydrogens (tertiary/aromatic N) is 4. The predicted octanol–water partition coefficient (Wildman–Crippen LogP) is 3.36. The molecule has 0 unspecified atom stereocenters. The first-order valence-electron chi connectivity index (χ1n) is 9.79. The van der Waals surface area contributed by atoms with E-state index in [1.807, 2.05) is 41.3 Å². The van der Waals surface area contributed by atoms with Crippen molar-refractivity contribution in [2.75, 3.05) is 18.1 Å². The molecule has 1 aromatic carbocycles. The third-order valence-corrected chi connectivity index (χ3v) is 4.52. The Hall–Kier alpha value is -4.18. The quantitative estimate of drug-likeness (QED) is 0.243. The van der Waals surface area contributed by atoms with Crippen LogP contribution in [0, 0.1) is 11.3 Å². The average Bonchev–Trinajstić information content (AvgIpc) is 2.79. The van der Waals surface area contributed by atoms with Crippen molar-refractivity contribution >= 4 is 23.5 Å². The highest BCUT2D eigenvalue weighted by Gasteiger charge is 2.20. The first-order chi connectivity index (χ1) is 15.1. The summed E-state index contributed by atoms with van der Waals surface area (Å²) >= 11 is 0. The van der Waals surface area contributed by atoms with Gasteiger partial charge in [0.1, 0.15) is 23.1 Å². The Kier molecular flexibility index (Phi) is 6.97. The normalized spacial score (nSPS) is 11.0. The molecule has 0 atom stereocenters. The van der Waals surface area contributed by atoms with Gasteiger partial charge in [0.15, 0.2) is 0 Å². The van der Waals surface area contributed by atoms with Crippen LogP contribution in [0.15, 0.2) is 77.8 Å². The van der Waals surface area contributed by atoms with E-state index in [-0.39, 0.29) is 23.3 Å². The second-order valence-corrected chi connectivity index (χ2v) is 6.63. The van der Waals surface area contributed by atoms with Gasteiger partial charge in [0.05, 0.1) is 12.2 Å². The number of carbonyl (C=O) groups excluding carboxylic acids is 1. The maximum absolute atomic E-state index is 13.3. The van der Waals surface area contributed by atoms with Crippen molar-refractivity contribution in [3.05, 3.63) is 94.4 Å². The fraction of sp³-hybridized carbons (Fsp3) is 0.167. The summed E-state index contributed by atoms with van der Waals surface area (Å²) < 4.78 is 6.33. The van der Waals surface area contributed by atoms with Crippen LogP contribution in [0.2, 0.25) is 0 Å². The van der Waals surface area contributed by atoms with Crippen molar-refractivity contribution < 1.29 is 9.53 Å². The Morgan fingerprint density at radius 2 is 2.00 bits per heavy atom. The Morgan fingerprint density at radius 1 is 1.26 bits per heavy atom. The summed E-state index contributed by atoms with van der Waals surface area (Å²) in [6, 6.07) is 16.8. The van der Waals surface area contributed by atoms with Crippen LogP contribution in [-0.4, -0.2) is 28.5 Å². The van der Waals surface area contributed by atoms with E-state index in [0.29, 0.717) is 24.6 Å². The number of esters is 1. The fourth-order valence-electron chi connectivity index (χ4n) is 3.13. The third-order valence-electron chi connectivity index (χ3n) is 4.52. The maximum Gasteiger partial charge on any atom is 0.348 e. The molecule has 0 bridgehead atoms. The van der Waals surface area contributed by atoms with Crippen LogP contribution in [0.4, 0.5) is 5.82 Å². The van der Waals surface area contributed by atoms with Crippen molar-refractivity contribution in [2.24, 2.45) is 0 Å². The van der Waals surface area contributed by atoms with E-state index in [9.17, 15) is 14.9 Å². The van der Waals surface area contributed by atoms with E-state index in [2.05, 4.69) is 11.6 Å². The minimum absolute atomic E-state index is 0.121. The van der Waals surface area contributed by atoms with Gasteiger partial charge in [0, 0.05) is 19.3 Å². The number of hydrogen-bond donors (Lipinski definition) is 0. The number of anilines is 1. The van der Waals surface area contributed by atoms with E-state index >= 15 is 0 Å². The topological polar surface area (TPSA) is 87.7 Å². The number of aromatic nitrogens is 2. The van der Waals surface area contributed by atoms with Crippen molar-refractivity contribution in [3.8, 4) is 6.07 Å². The minimum atomic E-state index is -0.785. The van der Waals surface area contributed by atoms with Crippen molar-refractivity contribution in [2.45, 2.75) is 13.5 Å². The highest BCUT2D eigenvalue weighted by atomic mass is 16.5. The first-order valence-corrected chi connectivity index (χ1v) is 9.79. The number of benzene rings is 1. The van der Waals surface area contributed by atoms with Crippen molar-refractivity contribution in [1.29, 1.82) is 5.26 Å². The molecule has 0 saturated carbocycles. The first kappa shape index (κ1) is 21.5. The highest BCUT2D eigenvalue weighted by molar-refractivity contribution is 5.98. The van der Waals surface area contributed by atoms with Crippen LogP contribution in [0.3, 0.4) is 0 Å². The zero-order valence-electron chi connectivity index (χ0n) is 17.2. The van der Waals surface area contributed by atoms with Gasteiger partial charge in [-0.3, -0.25) is 9.20 Å². The standard InChI is InChI=1S/C24H22N4O3/c1-3-13-27(17-18-10-6-5-7-11-18)22-20(15-19(16-25)24(30)31-4-2)23(29)28-14-9-8-12-21(28)26-22/h3,5-12,14-15H,1,4,13,17H2,2H3/b19-15+. The van der Waals surface area contributed by atoms with Crippen LogP contribution >= 0.6 is 0 Å². The Balaban J connectivity index is 2.23. The van der Waals surface area contributed by atoms with E-state index < -0.39 is 5.97 Å². The van der Waals surface area contributed by atoms with Gasteiger partial charge in [0.2, 0.25) is 0 Å². The zero-order chi connectivity index (χ0) is 22.2. The Morgan fingerprint density at radius 3 is 2.68 bits per heavy atom. The van der Waals surface area contributed by atoms with Gasteiger partial charge in [-0.05, 0) is 30.7 Å². The molecule has 0 spiro atoms. The Labute approximate surface area is 180 Å². The van der Waals surface area contributed by atoms with Gasteiger partial charge in [-0.2, -0.15) is 5.26 Å². The van der Waals surface area contributed by atoms with E-state index in [4.69, 9.17) is 4.74 Å². The molecule has 0 aliphatic heterocycles. The molecule has 31 heavy (non-hydrogen) atoms. The lowest BCUT2D eigenvalue weighted by Crippen LogP contribution is -2.29. The van der Waals surface area contributed by atoms with Crippen molar-refractivity contribution in [3.63, 3.8) is 0 Å². The van der Waals surface area contributed by atoms with E-state index in [1.165, 1.54) is 10.5 Å². The molecule has 0 saturated heterocycles. The summed E-state index contributed by atoms with van der Waals surface area (Å²) in [5.41, 5.74) is 0.943. The number of rotatable bonds is 8. The van der Waals surface area contributed by atoms with Gasteiger partial charge in [0.25, 0.3) is 5.56 Å². The molecule has 156 valence electrons. The molecular formula is C24H22N4O3. The van der Waals surface area contributed by atoms with Gasteiger partial charge < -0.3 is 9.64 Å². The smallest absolute Gasteiger partial charge is 0.348 e. The van der Waals surface area contributed by atoms with Crippen LogP contribution in [0.1, 0.15) is 18.1 Å². The highest BCUT2D eigenvalue weighted by Crippen LogP contribution is 2.21. The van der Waals surface area contributed by atoms with Gasteiger partial charge in [-0.15, -0.1) is 6.58 Å². The number of ether oxygens (including phenoxy) is 1. The second kappa shape index (κ2) is 10.0. The molecular weight excluding hydrogens is 392 g/mol. The molecule has 3 aromatic rings. The third kappa shape index (κ3) is 4.87. The SMILES string of the molecule is C=CCN(Cc1ccccc1)c1nc2ccccn2c(=O)c1/C=C(\C#N)C(=O)OCC. The summed E-state index contributed by atoms with van der Waals surface area (Å²) in [5.74, 6) is -0.427. The number of fused-ring (bicyclic) bond motifs is 1. The number of nitriles is 1. The molecule has 7 heteroatoms. The molecule has 0 amide bonds. The zero-order valence-corrected chi connectivity index (χ0v) is 17.2. The van der Waals surface area contributed by atoms with Gasteiger partial charge in [-0.25, -0.2) is 9.78 Å². The van der Waals surface area contributed by atoms with Gasteiger partial charge in [-0.1, -0.05) is 42.5 Å². The lowest BCUT2D eigenvalue weighted by molar-refractivity contribution is -0.137. The summed E-state index contributed by atoms with van der Waals surface area (Å²) in [5, 5.41) is 9.48. The second-order valence-electron chi connectivity index (χ2n) is 6.63. The summed E-state index contributed by atoms with van der Waals surface area (Å²) in [6.07, 6.45) is 4.56. The minimum Gasteiger partial charge on any atom is -0.462 e. The molecule has 0 radical (unpaired) electrons. The average molecular weight is 414 g/mol. The van der Waals surface area contributed by atoms with Crippen LogP contribution in [0.25, 0.3) is 11.7 Å². The van der Waals surface area contributed by atoms with Crippen LogP contribution in [-0.2, 0) is 16.1 Å². The molecule has 2 aromatic heterocycles. The largest absolute Gasteiger partial charge is 0.462 e. The molecule has 0 aliphatic rings. The van der Waals surface area contributed by atoms with E-state index in [0.717, 1.165) is 5.56 Å². The fourth-order valence-corrected chi connectivity index (χ4v) is 3.13. The van der Waals surface area contributed by atoms with Crippen LogP contribution in [0.5, 0.6) is 0 Å². The number of pyridine rings is 1. The molecule has 0 fully saturated rings. The van der Waals surface area contributed by atoms with Crippen LogP contribution < -0.4 is 10.5 Å². The number of carbonyl (C=O) groups is 1. The van der Waals surface area contributed by atoms with E-state index in [1.54, 1.807) is 37.4 Å². The summed E-state index contributed by atoms with van der Waals surface area (Å²) in [7, 11) is 0. The lowest BCUT2D eigenvalue weighted by Gasteiger charge is -2.24. The maximum atomic E-state index is 13.3. The number of hydrogen-bond acceptors (Lipinski definition) is 6. The van der Waals surface area contributed by atoms with Gasteiger partial charge >= 0.3 is 5.97 Å².